The Kier molecular flexibility index (Phi) is 5.21. The summed E-state index contributed by atoms with van der Waals surface area (Å²) in [4.78, 5) is 21.0. The van der Waals surface area contributed by atoms with Crippen LogP contribution in [0.4, 0.5) is 5.82 Å². The number of nitrogen functional groups attached to an aromatic ring is 1. The number of carbonyl (C=O) groups excluding carboxylic acids is 1. The van der Waals surface area contributed by atoms with Crippen molar-refractivity contribution in [3.8, 4) is 0 Å². The van der Waals surface area contributed by atoms with E-state index in [0.717, 1.165) is 46.6 Å². The molecule has 1 amide bonds. The summed E-state index contributed by atoms with van der Waals surface area (Å²) in [6.45, 7) is 7.38. The molecule has 6 nitrogen and oxygen atoms in total. The molecule has 0 fully saturated rings. The molecule has 0 spiro atoms. The third kappa shape index (κ3) is 3.69. The molecule has 26 heavy (non-hydrogen) atoms. The van der Waals surface area contributed by atoms with Gasteiger partial charge in [0.2, 0.25) is 5.91 Å². The Bertz CT molecular complexity index is 931. The monoisotopic (exact) mass is 351 g/mol. The van der Waals surface area contributed by atoms with Crippen LogP contribution < -0.4 is 11.1 Å². The van der Waals surface area contributed by atoms with Gasteiger partial charge in [0.1, 0.15) is 11.3 Å². The number of anilines is 1. The molecule has 0 atom stereocenters. The molecule has 0 aliphatic carbocycles. The summed E-state index contributed by atoms with van der Waals surface area (Å²) >= 11 is 0. The average molecular weight is 351 g/mol. The van der Waals surface area contributed by atoms with Gasteiger partial charge in [-0.1, -0.05) is 30.3 Å². The van der Waals surface area contributed by atoms with Crippen molar-refractivity contribution in [2.75, 3.05) is 12.3 Å². The van der Waals surface area contributed by atoms with Crippen LogP contribution in [0, 0.1) is 20.8 Å². The number of nitrogens with two attached hydrogens (primary N) is 1. The first-order chi connectivity index (χ1) is 12.5. The van der Waals surface area contributed by atoms with Gasteiger partial charge in [0.05, 0.1) is 11.9 Å². The van der Waals surface area contributed by atoms with Gasteiger partial charge in [0.25, 0.3) is 0 Å². The number of nitrogens with zero attached hydrogens (tertiary/aromatic N) is 3. The van der Waals surface area contributed by atoms with Crippen LogP contribution in [0.15, 0.2) is 30.3 Å². The lowest BCUT2D eigenvalue weighted by Crippen LogP contribution is -2.26. The van der Waals surface area contributed by atoms with E-state index < -0.39 is 0 Å². The quantitative estimate of drug-likeness (QED) is 0.669. The van der Waals surface area contributed by atoms with E-state index in [9.17, 15) is 4.79 Å². The first-order valence-corrected chi connectivity index (χ1v) is 8.87. The number of imidazole rings is 1. The average Bonchev–Trinajstić information content (AvgIpc) is 2.95. The van der Waals surface area contributed by atoms with Crippen molar-refractivity contribution in [2.45, 2.75) is 40.2 Å². The first-order valence-electron chi connectivity index (χ1n) is 8.87. The highest BCUT2D eigenvalue weighted by molar-refractivity contribution is 5.88. The van der Waals surface area contributed by atoms with Gasteiger partial charge < -0.3 is 15.6 Å². The van der Waals surface area contributed by atoms with Crippen LogP contribution in [-0.4, -0.2) is 27.0 Å². The van der Waals surface area contributed by atoms with Gasteiger partial charge in [-0.3, -0.25) is 4.79 Å². The number of nitrogens with one attached hydrogen (secondary N) is 1. The zero-order valence-electron chi connectivity index (χ0n) is 15.5. The van der Waals surface area contributed by atoms with Gasteiger partial charge in [0.15, 0.2) is 5.82 Å². The zero-order valence-corrected chi connectivity index (χ0v) is 15.5. The van der Waals surface area contributed by atoms with Crippen LogP contribution in [0.2, 0.25) is 0 Å². The SMILES string of the molecule is Cc1nc(N)c2nc(C)n(CCCNC(=O)Cc3ccccc3)c2c1C. The molecule has 0 aliphatic rings. The molecule has 2 heterocycles. The number of aromatic nitrogens is 3. The summed E-state index contributed by atoms with van der Waals surface area (Å²) in [7, 11) is 0. The number of amides is 1. The fourth-order valence-corrected chi connectivity index (χ4v) is 3.19. The Morgan fingerprint density at radius 3 is 2.62 bits per heavy atom. The van der Waals surface area contributed by atoms with Gasteiger partial charge >= 0.3 is 0 Å². The maximum Gasteiger partial charge on any atom is 0.224 e. The summed E-state index contributed by atoms with van der Waals surface area (Å²) < 4.78 is 2.17. The normalized spacial score (nSPS) is 11.0. The maximum atomic E-state index is 12.0. The summed E-state index contributed by atoms with van der Waals surface area (Å²) in [6.07, 6.45) is 1.24. The second-order valence-electron chi connectivity index (χ2n) is 6.58. The number of rotatable bonds is 6. The van der Waals surface area contributed by atoms with E-state index in [1.165, 1.54) is 0 Å². The predicted molar refractivity (Wildman–Crippen MR) is 104 cm³/mol. The van der Waals surface area contributed by atoms with Crippen molar-refractivity contribution >= 4 is 22.8 Å². The van der Waals surface area contributed by atoms with Crippen LogP contribution >= 0.6 is 0 Å². The number of benzene rings is 1. The zero-order chi connectivity index (χ0) is 18.7. The Morgan fingerprint density at radius 2 is 1.88 bits per heavy atom. The van der Waals surface area contributed by atoms with Crippen molar-refractivity contribution in [1.29, 1.82) is 0 Å². The minimum Gasteiger partial charge on any atom is -0.382 e. The lowest BCUT2D eigenvalue weighted by atomic mass is 10.1. The third-order valence-corrected chi connectivity index (χ3v) is 4.68. The topological polar surface area (TPSA) is 85.8 Å². The van der Waals surface area contributed by atoms with Crippen LogP contribution in [0.1, 0.15) is 29.1 Å². The smallest absolute Gasteiger partial charge is 0.224 e. The molecule has 3 aromatic rings. The summed E-state index contributed by atoms with van der Waals surface area (Å²) in [5, 5.41) is 2.99. The highest BCUT2D eigenvalue weighted by atomic mass is 16.1. The van der Waals surface area contributed by atoms with E-state index in [4.69, 9.17) is 5.73 Å². The second kappa shape index (κ2) is 7.56. The Balaban J connectivity index is 1.62. The molecule has 0 radical (unpaired) electrons. The molecule has 1 aromatic carbocycles. The standard InChI is InChI=1S/C20H25N5O/c1-13-14(2)23-20(21)18-19(13)25(15(3)24-18)11-7-10-22-17(26)12-16-8-5-4-6-9-16/h4-6,8-9H,7,10-12H2,1-3H3,(H2,21,23)(H,22,26). The largest absolute Gasteiger partial charge is 0.382 e. The molecular formula is C20H25N5O. The number of hydrogen-bond donors (Lipinski definition) is 2. The fourth-order valence-electron chi connectivity index (χ4n) is 3.19. The van der Waals surface area contributed by atoms with Crippen LogP contribution in [0.5, 0.6) is 0 Å². The molecule has 2 aromatic heterocycles. The highest BCUT2D eigenvalue weighted by Gasteiger charge is 2.15. The van der Waals surface area contributed by atoms with Gasteiger partial charge in [-0.25, -0.2) is 9.97 Å². The molecule has 0 saturated carbocycles. The number of pyridine rings is 1. The van der Waals surface area contributed by atoms with E-state index in [1.807, 2.05) is 51.1 Å². The molecule has 0 aliphatic heterocycles. The molecule has 136 valence electrons. The van der Waals surface area contributed by atoms with Gasteiger partial charge in [-0.15, -0.1) is 0 Å². The van der Waals surface area contributed by atoms with E-state index in [1.54, 1.807) is 0 Å². The van der Waals surface area contributed by atoms with Crippen LogP contribution in [0.3, 0.4) is 0 Å². The molecule has 0 saturated heterocycles. The van der Waals surface area contributed by atoms with E-state index in [0.29, 0.717) is 18.8 Å². The first kappa shape index (κ1) is 17.9. The molecule has 3 rings (SSSR count). The van der Waals surface area contributed by atoms with Gasteiger partial charge in [0, 0.05) is 18.8 Å². The predicted octanol–water partition coefficient (Wildman–Crippen LogP) is 2.69. The summed E-state index contributed by atoms with van der Waals surface area (Å²) in [6, 6.07) is 9.76. The fraction of sp³-hybridized carbons (Fsp3) is 0.350. The minimum absolute atomic E-state index is 0.0453. The molecule has 3 N–H and O–H groups in total. The number of fused-ring (bicyclic) bond motifs is 1. The lowest BCUT2D eigenvalue weighted by molar-refractivity contribution is -0.120. The second-order valence-corrected chi connectivity index (χ2v) is 6.58. The molecular weight excluding hydrogens is 326 g/mol. The number of hydrogen-bond acceptors (Lipinski definition) is 4. The number of carbonyl (C=O) groups is 1. The van der Waals surface area contributed by atoms with Crippen molar-refractivity contribution in [2.24, 2.45) is 0 Å². The Hall–Kier alpha value is -2.89. The van der Waals surface area contributed by atoms with Crippen molar-refractivity contribution in [3.63, 3.8) is 0 Å². The van der Waals surface area contributed by atoms with E-state index in [-0.39, 0.29) is 5.91 Å². The van der Waals surface area contributed by atoms with E-state index in [2.05, 4.69) is 19.9 Å². The van der Waals surface area contributed by atoms with E-state index >= 15 is 0 Å². The van der Waals surface area contributed by atoms with Crippen LogP contribution in [-0.2, 0) is 17.8 Å². The Labute approximate surface area is 153 Å². The van der Waals surface area contributed by atoms with Gasteiger partial charge in [-0.05, 0) is 38.3 Å². The van der Waals surface area contributed by atoms with Crippen LogP contribution in [0.25, 0.3) is 11.0 Å². The van der Waals surface area contributed by atoms with Gasteiger partial charge in [-0.2, -0.15) is 0 Å². The summed E-state index contributed by atoms with van der Waals surface area (Å²) in [5.41, 5.74) is 10.9. The molecule has 6 heteroatoms. The molecule has 0 unspecified atom stereocenters. The van der Waals surface area contributed by atoms with Crippen molar-refractivity contribution in [1.82, 2.24) is 19.9 Å². The highest BCUT2D eigenvalue weighted by Crippen LogP contribution is 2.25. The minimum atomic E-state index is 0.0453. The summed E-state index contributed by atoms with van der Waals surface area (Å²) in [5.74, 6) is 1.43. The van der Waals surface area contributed by atoms with Crippen molar-refractivity contribution in [3.05, 3.63) is 53.0 Å². The maximum absolute atomic E-state index is 12.0. The van der Waals surface area contributed by atoms with Crippen molar-refractivity contribution < 1.29 is 4.79 Å². The Morgan fingerprint density at radius 1 is 1.15 bits per heavy atom. The number of aryl methyl sites for hydroxylation is 4. The lowest BCUT2D eigenvalue weighted by Gasteiger charge is -2.11. The molecule has 0 bridgehead atoms. The third-order valence-electron chi connectivity index (χ3n) is 4.68.